The Morgan fingerprint density at radius 1 is 1.15 bits per heavy atom. The maximum atomic E-state index is 12.6. The highest BCUT2D eigenvalue weighted by Gasteiger charge is 2.39. The summed E-state index contributed by atoms with van der Waals surface area (Å²) in [6, 6.07) is 11.5. The number of hydrogen-bond acceptors (Lipinski definition) is 2. The largest absolute Gasteiger partial charge is 0.353 e. The van der Waals surface area contributed by atoms with Gasteiger partial charge >= 0.3 is 0 Å². The lowest BCUT2D eigenvalue weighted by atomic mass is 10.1. The van der Waals surface area contributed by atoms with Crippen molar-refractivity contribution in [1.82, 2.24) is 15.5 Å². The van der Waals surface area contributed by atoms with E-state index in [0.717, 1.165) is 51.3 Å². The minimum Gasteiger partial charge on any atom is -0.353 e. The van der Waals surface area contributed by atoms with Crippen LogP contribution in [0.15, 0.2) is 35.3 Å². The Morgan fingerprint density at radius 2 is 1.93 bits per heavy atom. The van der Waals surface area contributed by atoms with Gasteiger partial charge in [0.2, 0.25) is 5.91 Å². The van der Waals surface area contributed by atoms with Crippen molar-refractivity contribution in [3.63, 3.8) is 0 Å². The molecule has 2 saturated carbocycles. The Kier molecular flexibility index (Phi) is 5.65. The molecule has 2 aliphatic carbocycles. The summed E-state index contributed by atoms with van der Waals surface area (Å²) in [4.78, 5) is 19.3. The Labute approximate surface area is 162 Å². The van der Waals surface area contributed by atoms with Gasteiger partial charge in [-0.05, 0) is 38.2 Å². The summed E-state index contributed by atoms with van der Waals surface area (Å²) in [6.07, 6.45) is 6.77. The van der Waals surface area contributed by atoms with Gasteiger partial charge in [0.15, 0.2) is 5.96 Å². The van der Waals surface area contributed by atoms with Crippen LogP contribution < -0.4 is 10.6 Å². The van der Waals surface area contributed by atoms with Crippen molar-refractivity contribution >= 4 is 11.9 Å². The zero-order chi connectivity index (χ0) is 18.6. The highest BCUT2D eigenvalue weighted by Crippen LogP contribution is 2.40. The van der Waals surface area contributed by atoms with Crippen molar-refractivity contribution < 1.29 is 4.79 Å². The zero-order valence-electron chi connectivity index (χ0n) is 16.4. The number of guanidine groups is 1. The second-order valence-corrected chi connectivity index (χ2v) is 8.22. The monoisotopic (exact) mass is 368 g/mol. The highest BCUT2D eigenvalue weighted by atomic mass is 16.2. The van der Waals surface area contributed by atoms with Crippen molar-refractivity contribution in [3.05, 3.63) is 35.9 Å². The number of nitrogens with one attached hydrogen (secondary N) is 2. The van der Waals surface area contributed by atoms with Crippen LogP contribution in [0.3, 0.4) is 0 Å². The number of carbonyl (C=O) groups excluding carboxylic acids is 1. The summed E-state index contributed by atoms with van der Waals surface area (Å²) in [7, 11) is 0. The van der Waals surface area contributed by atoms with Crippen molar-refractivity contribution in [3.8, 4) is 0 Å². The maximum Gasteiger partial charge on any atom is 0.225 e. The van der Waals surface area contributed by atoms with Gasteiger partial charge in [-0.3, -0.25) is 9.79 Å². The third-order valence-corrected chi connectivity index (χ3v) is 6.20. The van der Waals surface area contributed by atoms with Crippen molar-refractivity contribution in [2.45, 2.75) is 63.5 Å². The molecule has 5 heteroatoms. The number of nitrogens with zero attached hydrogens (tertiary/aromatic N) is 2. The van der Waals surface area contributed by atoms with Gasteiger partial charge in [0.1, 0.15) is 0 Å². The molecule has 1 aromatic carbocycles. The number of amides is 1. The molecule has 3 fully saturated rings. The highest BCUT2D eigenvalue weighted by molar-refractivity contribution is 5.82. The molecule has 1 aliphatic heterocycles. The molecule has 3 aliphatic rings. The Bertz CT molecular complexity index is 668. The van der Waals surface area contributed by atoms with E-state index in [0.29, 0.717) is 23.9 Å². The molecule has 1 aromatic rings. The molecule has 1 heterocycles. The van der Waals surface area contributed by atoms with Crippen molar-refractivity contribution in [2.24, 2.45) is 10.9 Å². The van der Waals surface area contributed by atoms with Crippen LogP contribution in [0.25, 0.3) is 0 Å². The van der Waals surface area contributed by atoms with Gasteiger partial charge in [-0.1, -0.05) is 43.2 Å². The van der Waals surface area contributed by atoms with Gasteiger partial charge < -0.3 is 15.5 Å². The lowest BCUT2D eigenvalue weighted by Crippen LogP contribution is -2.46. The molecule has 0 spiro atoms. The van der Waals surface area contributed by atoms with E-state index in [-0.39, 0.29) is 5.92 Å². The van der Waals surface area contributed by atoms with E-state index in [9.17, 15) is 4.79 Å². The van der Waals surface area contributed by atoms with Crippen LogP contribution in [0.1, 0.15) is 56.9 Å². The summed E-state index contributed by atoms with van der Waals surface area (Å²) in [5.74, 6) is 2.15. The van der Waals surface area contributed by atoms with E-state index >= 15 is 0 Å². The van der Waals surface area contributed by atoms with Gasteiger partial charge in [-0.25, -0.2) is 0 Å². The summed E-state index contributed by atoms with van der Waals surface area (Å²) < 4.78 is 0. The number of carbonyl (C=O) groups is 1. The molecule has 27 heavy (non-hydrogen) atoms. The quantitative estimate of drug-likeness (QED) is 0.621. The van der Waals surface area contributed by atoms with Gasteiger partial charge in [0.05, 0.1) is 0 Å². The number of aliphatic imine (C=N–C) groups is 1. The lowest BCUT2D eigenvalue weighted by Gasteiger charge is -2.21. The molecule has 3 unspecified atom stereocenters. The van der Waals surface area contributed by atoms with Crippen LogP contribution in [0, 0.1) is 5.92 Å². The molecule has 1 amide bonds. The smallest absolute Gasteiger partial charge is 0.225 e. The fourth-order valence-corrected chi connectivity index (χ4v) is 4.59. The molecule has 0 radical (unpaired) electrons. The predicted molar refractivity (Wildman–Crippen MR) is 109 cm³/mol. The van der Waals surface area contributed by atoms with Gasteiger partial charge in [-0.2, -0.15) is 0 Å². The molecule has 1 saturated heterocycles. The third-order valence-electron chi connectivity index (χ3n) is 6.20. The lowest BCUT2D eigenvalue weighted by molar-refractivity contribution is -0.134. The molecular weight excluding hydrogens is 336 g/mol. The minimum atomic E-state index is 0.281. The Balaban J connectivity index is 1.28. The molecule has 146 valence electrons. The van der Waals surface area contributed by atoms with Crippen LogP contribution in [0.5, 0.6) is 0 Å². The third kappa shape index (κ3) is 4.45. The predicted octanol–water partition coefficient (Wildman–Crippen LogP) is 2.89. The average molecular weight is 369 g/mol. The SMILES string of the molecule is CCN=C(NC1CCN(C(=O)C2CCCC2)C1)NC1CC1c1ccccc1. The fourth-order valence-electron chi connectivity index (χ4n) is 4.59. The number of rotatable bonds is 5. The molecule has 0 aromatic heterocycles. The molecule has 2 N–H and O–H groups in total. The number of benzene rings is 1. The van der Waals surface area contributed by atoms with Crippen LogP contribution >= 0.6 is 0 Å². The summed E-state index contributed by atoms with van der Waals surface area (Å²) in [5.41, 5.74) is 1.40. The second-order valence-electron chi connectivity index (χ2n) is 8.22. The van der Waals surface area contributed by atoms with E-state index in [4.69, 9.17) is 0 Å². The topological polar surface area (TPSA) is 56.7 Å². The summed E-state index contributed by atoms with van der Waals surface area (Å²) in [6.45, 7) is 4.51. The number of likely N-dealkylation sites (tertiary alicyclic amines) is 1. The summed E-state index contributed by atoms with van der Waals surface area (Å²) >= 11 is 0. The molecule has 5 nitrogen and oxygen atoms in total. The van der Waals surface area contributed by atoms with Crippen molar-refractivity contribution in [2.75, 3.05) is 19.6 Å². The van der Waals surface area contributed by atoms with Gasteiger partial charge in [0.25, 0.3) is 0 Å². The fraction of sp³-hybridized carbons (Fsp3) is 0.636. The van der Waals surface area contributed by atoms with Gasteiger partial charge in [-0.15, -0.1) is 0 Å². The van der Waals surface area contributed by atoms with E-state index in [2.05, 4.69) is 57.8 Å². The van der Waals surface area contributed by atoms with Crippen LogP contribution in [-0.2, 0) is 4.79 Å². The molecule has 0 bridgehead atoms. The molecular formula is C22H32N4O. The van der Waals surface area contributed by atoms with E-state index < -0.39 is 0 Å². The van der Waals surface area contributed by atoms with Crippen LogP contribution in [0.2, 0.25) is 0 Å². The first-order valence-electron chi connectivity index (χ1n) is 10.7. The second kappa shape index (κ2) is 8.32. The Hall–Kier alpha value is -2.04. The first kappa shape index (κ1) is 18.3. The number of hydrogen-bond donors (Lipinski definition) is 2. The normalized spacial score (nSPS) is 28.4. The van der Waals surface area contributed by atoms with Crippen LogP contribution in [0.4, 0.5) is 0 Å². The van der Waals surface area contributed by atoms with Crippen molar-refractivity contribution in [1.29, 1.82) is 0 Å². The minimum absolute atomic E-state index is 0.281. The summed E-state index contributed by atoms with van der Waals surface area (Å²) in [5, 5.41) is 7.18. The van der Waals surface area contributed by atoms with E-state index in [1.54, 1.807) is 0 Å². The van der Waals surface area contributed by atoms with E-state index in [1.165, 1.54) is 18.4 Å². The zero-order valence-corrected chi connectivity index (χ0v) is 16.4. The first-order valence-corrected chi connectivity index (χ1v) is 10.7. The maximum absolute atomic E-state index is 12.6. The average Bonchev–Trinajstić information content (AvgIpc) is 3.08. The van der Waals surface area contributed by atoms with Gasteiger partial charge in [0, 0.05) is 43.6 Å². The molecule has 3 atom stereocenters. The standard InChI is InChI=1S/C22H32N4O/c1-2-23-22(25-20-14-19(20)16-8-4-3-5-9-16)24-18-12-13-26(15-18)21(27)17-10-6-7-11-17/h3-5,8-9,17-20H,2,6-7,10-15H2,1H3,(H2,23,24,25). The Morgan fingerprint density at radius 3 is 2.67 bits per heavy atom. The molecule has 4 rings (SSSR count). The van der Waals surface area contributed by atoms with E-state index in [1.807, 2.05) is 0 Å². The first-order chi connectivity index (χ1) is 13.2. The van der Waals surface area contributed by atoms with Crippen LogP contribution in [-0.4, -0.2) is 48.5 Å².